The van der Waals surface area contributed by atoms with Gasteiger partial charge in [-0.3, -0.25) is 0 Å². The van der Waals surface area contributed by atoms with Crippen LogP contribution in [0.15, 0.2) is 18.5 Å². The minimum atomic E-state index is 0.595. The number of benzene rings is 1. The van der Waals surface area contributed by atoms with Crippen LogP contribution in [0.25, 0.3) is 10.9 Å². The van der Waals surface area contributed by atoms with Crippen LogP contribution < -0.4 is 14.4 Å². The second kappa shape index (κ2) is 6.41. The largest absolute Gasteiger partial charge is 0.490 e. The lowest BCUT2D eigenvalue weighted by atomic mass is 10.2. The monoisotopic (exact) mass is 275 g/mol. The maximum Gasteiger partial charge on any atom is 0.163 e. The molecular weight excluding hydrogens is 254 g/mol. The van der Waals surface area contributed by atoms with Gasteiger partial charge in [0, 0.05) is 25.0 Å². The van der Waals surface area contributed by atoms with E-state index in [1.54, 1.807) is 6.33 Å². The Bertz CT molecular complexity index is 587. The highest BCUT2D eigenvalue weighted by Crippen LogP contribution is 2.34. The lowest BCUT2D eigenvalue weighted by molar-refractivity contribution is 0.288. The van der Waals surface area contributed by atoms with Gasteiger partial charge in [0.25, 0.3) is 0 Å². The number of hydrogen-bond donors (Lipinski definition) is 0. The van der Waals surface area contributed by atoms with Crippen molar-refractivity contribution in [3.05, 3.63) is 18.5 Å². The highest BCUT2D eigenvalue weighted by Gasteiger charge is 2.13. The topological polar surface area (TPSA) is 47.5 Å². The predicted octanol–water partition coefficient (Wildman–Crippen LogP) is 2.88. The molecule has 20 heavy (non-hydrogen) atoms. The van der Waals surface area contributed by atoms with Gasteiger partial charge in [-0.2, -0.15) is 0 Å². The first-order valence-electron chi connectivity index (χ1n) is 6.96. The van der Waals surface area contributed by atoms with E-state index in [0.717, 1.165) is 34.8 Å². The summed E-state index contributed by atoms with van der Waals surface area (Å²) < 4.78 is 11.3. The SMILES string of the molecule is CCOc1cc2ncnc(N(C)CC)c2cc1OCC. The molecule has 5 nitrogen and oxygen atoms in total. The number of fused-ring (bicyclic) bond motifs is 1. The number of anilines is 1. The standard InChI is InChI=1S/C15H21N3O2/c1-5-18(4)15-11-8-13(19-6-2)14(20-7-3)9-12(11)16-10-17-15/h8-10H,5-7H2,1-4H3. The first-order valence-corrected chi connectivity index (χ1v) is 6.96. The minimum absolute atomic E-state index is 0.595. The van der Waals surface area contributed by atoms with Crippen molar-refractivity contribution in [3.8, 4) is 11.5 Å². The molecule has 0 fully saturated rings. The summed E-state index contributed by atoms with van der Waals surface area (Å²) in [5.41, 5.74) is 0.863. The van der Waals surface area contributed by atoms with Gasteiger partial charge in [-0.15, -0.1) is 0 Å². The molecule has 0 spiro atoms. The average Bonchev–Trinajstić information content (AvgIpc) is 2.47. The fourth-order valence-corrected chi connectivity index (χ4v) is 2.04. The van der Waals surface area contributed by atoms with Crippen molar-refractivity contribution in [1.29, 1.82) is 0 Å². The molecule has 108 valence electrons. The lowest BCUT2D eigenvalue weighted by Crippen LogP contribution is -2.17. The molecule has 0 aliphatic rings. The molecule has 5 heteroatoms. The normalized spacial score (nSPS) is 10.6. The van der Waals surface area contributed by atoms with Crippen LogP contribution in [0.1, 0.15) is 20.8 Å². The van der Waals surface area contributed by atoms with Crippen molar-refractivity contribution in [2.45, 2.75) is 20.8 Å². The van der Waals surface area contributed by atoms with E-state index in [1.165, 1.54) is 0 Å². The molecule has 0 radical (unpaired) electrons. The zero-order chi connectivity index (χ0) is 14.5. The number of ether oxygens (including phenoxy) is 2. The van der Waals surface area contributed by atoms with Crippen LogP contribution >= 0.6 is 0 Å². The molecule has 1 heterocycles. The van der Waals surface area contributed by atoms with Gasteiger partial charge in [-0.25, -0.2) is 9.97 Å². The molecule has 0 aliphatic heterocycles. The van der Waals surface area contributed by atoms with Gasteiger partial charge in [-0.05, 0) is 26.8 Å². The van der Waals surface area contributed by atoms with Crippen LogP contribution in [-0.4, -0.2) is 36.8 Å². The van der Waals surface area contributed by atoms with Crippen LogP contribution in [0.2, 0.25) is 0 Å². The number of nitrogens with zero attached hydrogens (tertiary/aromatic N) is 3. The first-order chi connectivity index (χ1) is 9.71. The van der Waals surface area contributed by atoms with Crippen molar-refractivity contribution < 1.29 is 9.47 Å². The van der Waals surface area contributed by atoms with Gasteiger partial charge in [-0.1, -0.05) is 0 Å². The molecule has 2 rings (SSSR count). The summed E-state index contributed by atoms with van der Waals surface area (Å²) in [6, 6.07) is 3.88. The van der Waals surface area contributed by atoms with Crippen molar-refractivity contribution >= 4 is 16.7 Å². The van der Waals surface area contributed by atoms with Crippen molar-refractivity contribution in [2.24, 2.45) is 0 Å². The number of hydrogen-bond acceptors (Lipinski definition) is 5. The average molecular weight is 275 g/mol. The quantitative estimate of drug-likeness (QED) is 0.811. The fraction of sp³-hybridized carbons (Fsp3) is 0.467. The van der Waals surface area contributed by atoms with E-state index in [9.17, 15) is 0 Å². The van der Waals surface area contributed by atoms with Crippen LogP contribution in [0.3, 0.4) is 0 Å². The van der Waals surface area contributed by atoms with Gasteiger partial charge in [0.15, 0.2) is 11.5 Å². The van der Waals surface area contributed by atoms with Crippen LogP contribution in [0, 0.1) is 0 Å². The molecular formula is C15H21N3O2. The van der Waals surface area contributed by atoms with Gasteiger partial charge in [0.05, 0.1) is 18.7 Å². The molecule has 0 amide bonds. The molecule has 1 aromatic carbocycles. The van der Waals surface area contributed by atoms with Crippen molar-refractivity contribution in [3.63, 3.8) is 0 Å². The maximum absolute atomic E-state index is 5.67. The maximum atomic E-state index is 5.67. The summed E-state index contributed by atoms with van der Waals surface area (Å²) in [7, 11) is 2.01. The summed E-state index contributed by atoms with van der Waals surface area (Å²) in [5, 5.41) is 0.976. The molecule has 0 saturated carbocycles. The Labute approximate surface area is 119 Å². The van der Waals surface area contributed by atoms with E-state index in [1.807, 2.05) is 33.0 Å². The smallest absolute Gasteiger partial charge is 0.163 e. The molecule has 2 aromatic rings. The molecule has 1 aromatic heterocycles. The summed E-state index contributed by atoms with van der Waals surface area (Å²) in [4.78, 5) is 10.8. The Morgan fingerprint density at radius 3 is 2.25 bits per heavy atom. The third-order valence-electron chi connectivity index (χ3n) is 3.12. The van der Waals surface area contributed by atoms with E-state index in [4.69, 9.17) is 9.47 Å². The lowest BCUT2D eigenvalue weighted by Gasteiger charge is -2.18. The molecule has 0 N–H and O–H groups in total. The third-order valence-corrected chi connectivity index (χ3v) is 3.12. The van der Waals surface area contributed by atoms with Gasteiger partial charge in [0.1, 0.15) is 12.1 Å². The number of rotatable bonds is 6. The van der Waals surface area contributed by atoms with Gasteiger partial charge < -0.3 is 14.4 Å². The van der Waals surface area contributed by atoms with Crippen LogP contribution in [-0.2, 0) is 0 Å². The first kappa shape index (κ1) is 14.4. The predicted molar refractivity (Wildman–Crippen MR) is 80.8 cm³/mol. The summed E-state index contributed by atoms with van der Waals surface area (Å²) in [6.45, 7) is 8.07. The van der Waals surface area contributed by atoms with E-state index >= 15 is 0 Å². The Morgan fingerprint density at radius 2 is 1.65 bits per heavy atom. The zero-order valence-electron chi connectivity index (χ0n) is 12.5. The Hall–Kier alpha value is -2.04. The molecule has 0 unspecified atom stereocenters. The van der Waals surface area contributed by atoms with Crippen molar-refractivity contribution in [2.75, 3.05) is 31.7 Å². The zero-order valence-corrected chi connectivity index (χ0v) is 12.5. The molecule has 0 saturated heterocycles. The molecule has 0 atom stereocenters. The second-order valence-electron chi connectivity index (χ2n) is 4.39. The fourth-order valence-electron chi connectivity index (χ4n) is 2.04. The summed E-state index contributed by atoms with van der Waals surface area (Å²) >= 11 is 0. The Morgan fingerprint density at radius 1 is 1.00 bits per heavy atom. The van der Waals surface area contributed by atoms with E-state index in [-0.39, 0.29) is 0 Å². The molecule has 0 bridgehead atoms. The minimum Gasteiger partial charge on any atom is -0.490 e. The van der Waals surface area contributed by atoms with Crippen molar-refractivity contribution in [1.82, 2.24) is 9.97 Å². The Balaban J connectivity index is 2.60. The summed E-state index contributed by atoms with van der Waals surface area (Å²) in [5.74, 6) is 2.37. The van der Waals surface area contributed by atoms with Gasteiger partial charge in [0.2, 0.25) is 0 Å². The molecule has 0 aliphatic carbocycles. The van der Waals surface area contributed by atoms with Crippen LogP contribution in [0.4, 0.5) is 5.82 Å². The van der Waals surface area contributed by atoms with Crippen LogP contribution in [0.5, 0.6) is 11.5 Å². The van der Waals surface area contributed by atoms with E-state index in [2.05, 4.69) is 21.8 Å². The van der Waals surface area contributed by atoms with E-state index in [0.29, 0.717) is 13.2 Å². The number of aromatic nitrogens is 2. The summed E-state index contributed by atoms with van der Waals surface area (Å²) in [6.07, 6.45) is 1.58. The highest BCUT2D eigenvalue weighted by atomic mass is 16.5. The highest BCUT2D eigenvalue weighted by molar-refractivity contribution is 5.91. The van der Waals surface area contributed by atoms with E-state index < -0.39 is 0 Å². The van der Waals surface area contributed by atoms with Gasteiger partial charge >= 0.3 is 0 Å². The second-order valence-corrected chi connectivity index (χ2v) is 4.39. The Kier molecular flexibility index (Phi) is 4.61. The third kappa shape index (κ3) is 2.76.